The number of amides is 1. The highest BCUT2D eigenvalue weighted by molar-refractivity contribution is 7.92. The first-order chi connectivity index (χ1) is 12.5. The van der Waals surface area contributed by atoms with Crippen LogP contribution in [0.2, 0.25) is 0 Å². The Morgan fingerprint density at radius 1 is 1.00 bits per heavy atom. The maximum absolute atomic E-state index is 12.4. The van der Waals surface area contributed by atoms with Crippen molar-refractivity contribution in [2.75, 3.05) is 4.72 Å². The SMILES string of the molecule is Cc1cc(C(=O)NC2CCCCC2)ccc1NS(=O)(=O)c1ccccc1. The van der Waals surface area contributed by atoms with Crippen LogP contribution in [0.4, 0.5) is 5.69 Å². The molecule has 0 aromatic heterocycles. The van der Waals surface area contributed by atoms with Crippen molar-refractivity contribution in [2.45, 2.75) is 50.0 Å². The van der Waals surface area contributed by atoms with Crippen molar-refractivity contribution in [1.82, 2.24) is 5.32 Å². The number of anilines is 1. The number of carbonyl (C=O) groups excluding carboxylic acids is 1. The number of rotatable bonds is 5. The van der Waals surface area contributed by atoms with E-state index in [-0.39, 0.29) is 16.8 Å². The molecule has 2 aromatic carbocycles. The Kier molecular flexibility index (Phi) is 5.61. The van der Waals surface area contributed by atoms with Gasteiger partial charge in [0.15, 0.2) is 0 Å². The first-order valence-electron chi connectivity index (χ1n) is 8.95. The topological polar surface area (TPSA) is 75.3 Å². The van der Waals surface area contributed by atoms with Crippen molar-refractivity contribution >= 4 is 21.6 Å². The van der Waals surface area contributed by atoms with Crippen LogP contribution in [0.3, 0.4) is 0 Å². The van der Waals surface area contributed by atoms with Gasteiger partial charge in [-0.25, -0.2) is 8.42 Å². The van der Waals surface area contributed by atoms with Crippen molar-refractivity contribution < 1.29 is 13.2 Å². The molecule has 1 amide bonds. The van der Waals surface area contributed by atoms with Gasteiger partial charge in [0.25, 0.3) is 15.9 Å². The summed E-state index contributed by atoms with van der Waals surface area (Å²) in [5.41, 5.74) is 1.74. The van der Waals surface area contributed by atoms with Gasteiger partial charge in [0.2, 0.25) is 0 Å². The molecule has 2 aromatic rings. The smallest absolute Gasteiger partial charge is 0.261 e. The summed E-state index contributed by atoms with van der Waals surface area (Å²) < 4.78 is 27.5. The summed E-state index contributed by atoms with van der Waals surface area (Å²) in [5.74, 6) is -0.0996. The third-order valence-corrected chi connectivity index (χ3v) is 6.11. The molecule has 0 spiro atoms. The lowest BCUT2D eigenvalue weighted by Crippen LogP contribution is -2.36. The Labute approximate surface area is 154 Å². The van der Waals surface area contributed by atoms with Crippen LogP contribution >= 0.6 is 0 Å². The van der Waals surface area contributed by atoms with Gasteiger partial charge < -0.3 is 5.32 Å². The lowest BCUT2D eigenvalue weighted by molar-refractivity contribution is 0.0927. The van der Waals surface area contributed by atoms with Crippen LogP contribution in [-0.4, -0.2) is 20.4 Å². The maximum Gasteiger partial charge on any atom is 0.261 e. The van der Waals surface area contributed by atoms with Gasteiger partial charge in [-0.15, -0.1) is 0 Å². The summed E-state index contributed by atoms with van der Waals surface area (Å²) in [4.78, 5) is 12.6. The molecule has 1 fully saturated rings. The van der Waals surface area contributed by atoms with Crippen molar-refractivity contribution in [3.05, 3.63) is 59.7 Å². The van der Waals surface area contributed by atoms with E-state index < -0.39 is 10.0 Å². The second-order valence-corrected chi connectivity index (χ2v) is 8.44. The largest absolute Gasteiger partial charge is 0.349 e. The molecule has 0 bridgehead atoms. The molecule has 1 aliphatic carbocycles. The second-order valence-electron chi connectivity index (χ2n) is 6.76. The van der Waals surface area contributed by atoms with Gasteiger partial charge >= 0.3 is 0 Å². The fourth-order valence-corrected chi connectivity index (χ4v) is 4.39. The molecule has 0 radical (unpaired) electrons. The summed E-state index contributed by atoms with van der Waals surface area (Å²) in [5, 5.41) is 3.08. The highest BCUT2D eigenvalue weighted by Gasteiger charge is 2.18. The van der Waals surface area contributed by atoms with Crippen LogP contribution < -0.4 is 10.0 Å². The van der Waals surface area contributed by atoms with Crippen LogP contribution in [0.25, 0.3) is 0 Å². The molecule has 1 aliphatic rings. The third kappa shape index (κ3) is 4.43. The van der Waals surface area contributed by atoms with E-state index in [2.05, 4.69) is 10.0 Å². The fraction of sp³-hybridized carbons (Fsp3) is 0.350. The Balaban J connectivity index is 1.72. The number of sulfonamides is 1. The molecule has 0 saturated heterocycles. The molecule has 0 atom stereocenters. The summed E-state index contributed by atoms with van der Waals surface area (Å²) in [6.45, 7) is 1.79. The van der Waals surface area contributed by atoms with Gasteiger partial charge in [-0.3, -0.25) is 9.52 Å². The van der Waals surface area contributed by atoms with Crippen LogP contribution in [0.1, 0.15) is 48.0 Å². The van der Waals surface area contributed by atoms with Crippen molar-refractivity contribution in [1.29, 1.82) is 0 Å². The molecule has 0 heterocycles. The molecule has 2 N–H and O–H groups in total. The quantitative estimate of drug-likeness (QED) is 0.837. The molecule has 138 valence electrons. The Morgan fingerprint density at radius 2 is 1.69 bits per heavy atom. The zero-order valence-electron chi connectivity index (χ0n) is 14.9. The standard InChI is InChI=1S/C20H24N2O3S/c1-15-14-16(20(23)21-17-8-4-2-5-9-17)12-13-19(15)22-26(24,25)18-10-6-3-7-11-18/h3,6-7,10-14,17,22H,2,4-5,8-9H2,1H3,(H,21,23). The molecule has 0 aliphatic heterocycles. The number of carbonyl (C=O) groups is 1. The maximum atomic E-state index is 12.4. The minimum absolute atomic E-state index is 0.0996. The Hall–Kier alpha value is -2.34. The van der Waals surface area contributed by atoms with E-state index in [1.165, 1.54) is 6.42 Å². The van der Waals surface area contributed by atoms with E-state index in [0.717, 1.165) is 25.7 Å². The molecule has 6 heteroatoms. The van der Waals surface area contributed by atoms with Gasteiger partial charge in [-0.2, -0.15) is 0 Å². The lowest BCUT2D eigenvalue weighted by atomic mass is 9.95. The highest BCUT2D eigenvalue weighted by Crippen LogP contribution is 2.22. The van der Waals surface area contributed by atoms with Crippen LogP contribution in [0.15, 0.2) is 53.4 Å². The van der Waals surface area contributed by atoms with E-state index >= 15 is 0 Å². The van der Waals surface area contributed by atoms with E-state index in [9.17, 15) is 13.2 Å². The van der Waals surface area contributed by atoms with Gasteiger partial charge in [-0.1, -0.05) is 37.5 Å². The molecular weight excluding hydrogens is 348 g/mol. The number of aryl methyl sites for hydroxylation is 1. The van der Waals surface area contributed by atoms with E-state index in [4.69, 9.17) is 0 Å². The predicted molar refractivity (Wildman–Crippen MR) is 103 cm³/mol. The highest BCUT2D eigenvalue weighted by atomic mass is 32.2. The average molecular weight is 372 g/mol. The van der Waals surface area contributed by atoms with Crippen LogP contribution in [-0.2, 0) is 10.0 Å². The van der Waals surface area contributed by atoms with E-state index in [1.54, 1.807) is 55.5 Å². The average Bonchev–Trinajstić information content (AvgIpc) is 2.65. The van der Waals surface area contributed by atoms with Crippen molar-refractivity contribution in [2.24, 2.45) is 0 Å². The molecule has 3 rings (SSSR count). The first-order valence-corrected chi connectivity index (χ1v) is 10.4. The monoisotopic (exact) mass is 372 g/mol. The lowest BCUT2D eigenvalue weighted by Gasteiger charge is -2.23. The number of benzene rings is 2. The van der Waals surface area contributed by atoms with Crippen LogP contribution in [0, 0.1) is 6.92 Å². The van der Waals surface area contributed by atoms with E-state index in [0.29, 0.717) is 16.8 Å². The minimum atomic E-state index is -3.64. The molecular formula is C20H24N2O3S. The number of hydrogen-bond acceptors (Lipinski definition) is 3. The molecule has 1 saturated carbocycles. The number of nitrogens with one attached hydrogen (secondary N) is 2. The van der Waals surface area contributed by atoms with Gasteiger partial charge in [-0.05, 0) is 55.7 Å². The van der Waals surface area contributed by atoms with Gasteiger partial charge in [0.1, 0.15) is 0 Å². The number of hydrogen-bond donors (Lipinski definition) is 2. The predicted octanol–water partition coefficient (Wildman–Crippen LogP) is 3.86. The summed E-state index contributed by atoms with van der Waals surface area (Å²) in [7, 11) is -3.64. The molecule has 5 nitrogen and oxygen atoms in total. The second kappa shape index (κ2) is 7.91. The zero-order chi connectivity index (χ0) is 18.6. The summed E-state index contributed by atoms with van der Waals surface area (Å²) in [6.07, 6.45) is 5.61. The third-order valence-electron chi connectivity index (χ3n) is 4.73. The van der Waals surface area contributed by atoms with Crippen LogP contribution in [0.5, 0.6) is 0 Å². The first kappa shape index (κ1) is 18.5. The van der Waals surface area contributed by atoms with E-state index in [1.807, 2.05) is 0 Å². The molecule has 26 heavy (non-hydrogen) atoms. The van der Waals surface area contributed by atoms with Crippen molar-refractivity contribution in [3.63, 3.8) is 0 Å². The minimum Gasteiger partial charge on any atom is -0.349 e. The summed E-state index contributed by atoms with van der Waals surface area (Å²) in [6, 6.07) is 13.5. The van der Waals surface area contributed by atoms with Crippen molar-refractivity contribution in [3.8, 4) is 0 Å². The van der Waals surface area contributed by atoms with Gasteiger partial charge in [0.05, 0.1) is 10.6 Å². The zero-order valence-corrected chi connectivity index (χ0v) is 15.7. The Bertz CT molecular complexity index is 873. The van der Waals surface area contributed by atoms with Gasteiger partial charge in [0, 0.05) is 11.6 Å². The summed E-state index contributed by atoms with van der Waals surface area (Å²) >= 11 is 0. The normalized spacial score (nSPS) is 15.4. The fourth-order valence-electron chi connectivity index (χ4n) is 3.24. The molecule has 0 unspecified atom stereocenters. The Morgan fingerprint density at radius 3 is 2.35 bits per heavy atom.